The maximum atomic E-state index is 11.8. The zero-order chi connectivity index (χ0) is 12.2. The van der Waals surface area contributed by atoms with E-state index in [9.17, 15) is 13.2 Å². The minimum atomic E-state index is -2.99. The van der Waals surface area contributed by atoms with E-state index in [0.717, 1.165) is 19.4 Å². The van der Waals surface area contributed by atoms with Crippen molar-refractivity contribution in [3.63, 3.8) is 0 Å². The summed E-state index contributed by atoms with van der Waals surface area (Å²) in [4.78, 5) is 13.3. The molecule has 0 bridgehead atoms. The van der Waals surface area contributed by atoms with Crippen LogP contribution in [0, 0.1) is 0 Å². The van der Waals surface area contributed by atoms with Crippen LogP contribution in [0.5, 0.6) is 0 Å². The number of carbonyl (C=O) groups excluding carboxylic acids is 1. The lowest BCUT2D eigenvalue weighted by molar-refractivity contribution is -0.131. The van der Waals surface area contributed by atoms with Crippen LogP contribution in [0.4, 0.5) is 0 Å². The van der Waals surface area contributed by atoms with Gasteiger partial charge in [-0.1, -0.05) is 6.92 Å². The minimum absolute atomic E-state index is 0. The summed E-state index contributed by atoms with van der Waals surface area (Å²) in [5.74, 6) is 0.193. The van der Waals surface area contributed by atoms with Crippen LogP contribution >= 0.6 is 12.4 Å². The first-order valence-electron chi connectivity index (χ1n) is 5.65. The number of hydrogen-bond donors (Lipinski definition) is 1. The van der Waals surface area contributed by atoms with Crippen LogP contribution in [0.25, 0.3) is 0 Å². The summed E-state index contributed by atoms with van der Waals surface area (Å²) in [6.45, 7) is 2.78. The van der Waals surface area contributed by atoms with Gasteiger partial charge in [0, 0.05) is 19.3 Å². The van der Waals surface area contributed by atoms with Gasteiger partial charge in [0.15, 0.2) is 9.84 Å². The molecule has 1 N–H and O–H groups in total. The number of nitrogens with zero attached hydrogens (tertiary/aromatic N) is 1. The summed E-state index contributed by atoms with van der Waals surface area (Å²) in [5, 5.41) is 3.11. The molecular formula is C10H21ClN2O3S. The average molecular weight is 285 g/mol. The van der Waals surface area contributed by atoms with Gasteiger partial charge in [0.1, 0.15) is 0 Å². The standard InChI is InChI=1S/C10H20N2O3S.ClH/c1-3-16(14,15)8-7-12(2)10(13)9-5-4-6-11-9;/h9,11H,3-8H2,1-2H3;1H. The van der Waals surface area contributed by atoms with Gasteiger partial charge in [-0.15, -0.1) is 12.4 Å². The molecule has 7 heteroatoms. The predicted octanol–water partition coefficient (Wildman–Crippen LogP) is 0.0533. The van der Waals surface area contributed by atoms with E-state index >= 15 is 0 Å². The fourth-order valence-electron chi connectivity index (χ4n) is 1.69. The molecule has 1 aliphatic rings. The van der Waals surface area contributed by atoms with Gasteiger partial charge in [-0.25, -0.2) is 8.42 Å². The predicted molar refractivity (Wildman–Crippen MR) is 70.2 cm³/mol. The lowest BCUT2D eigenvalue weighted by Crippen LogP contribution is -2.43. The Morgan fingerprint density at radius 2 is 2.12 bits per heavy atom. The number of hydrogen-bond acceptors (Lipinski definition) is 4. The number of likely N-dealkylation sites (N-methyl/N-ethyl adjacent to an activating group) is 1. The monoisotopic (exact) mass is 284 g/mol. The van der Waals surface area contributed by atoms with Crippen molar-refractivity contribution >= 4 is 28.2 Å². The maximum absolute atomic E-state index is 11.8. The van der Waals surface area contributed by atoms with Crippen LogP contribution in [0.1, 0.15) is 19.8 Å². The molecule has 1 amide bonds. The molecule has 1 rings (SSSR count). The highest BCUT2D eigenvalue weighted by atomic mass is 35.5. The highest BCUT2D eigenvalue weighted by molar-refractivity contribution is 7.91. The fourth-order valence-corrected chi connectivity index (χ4v) is 2.53. The molecule has 1 aliphatic heterocycles. The summed E-state index contributed by atoms with van der Waals surface area (Å²) in [5.41, 5.74) is 0. The van der Waals surface area contributed by atoms with Gasteiger partial charge in [-0.05, 0) is 19.4 Å². The second-order valence-corrected chi connectivity index (χ2v) is 6.62. The van der Waals surface area contributed by atoms with Crippen molar-refractivity contribution < 1.29 is 13.2 Å². The molecule has 102 valence electrons. The Morgan fingerprint density at radius 1 is 1.47 bits per heavy atom. The number of halogens is 1. The molecule has 0 aromatic heterocycles. The third-order valence-corrected chi connectivity index (χ3v) is 4.60. The third-order valence-electron chi connectivity index (χ3n) is 2.91. The van der Waals surface area contributed by atoms with Crippen molar-refractivity contribution in [2.24, 2.45) is 0 Å². The minimum Gasteiger partial charge on any atom is -0.343 e. The number of carbonyl (C=O) groups is 1. The van der Waals surface area contributed by atoms with Gasteiger partial charge in [0.2, 0.25) is 5.91 Å². The summed E-state index contributed by atoms with van der Waals surface area (Å²) in [7, 11) is -1.33. The molecule has 1 fully saturated rings. The molecule has 1 saturated heterocycles. The SMILES string of the molecule is CCS(=O)(=O)CCN(C)C(=O)C1CCCN1.Cl. The van der Waals surface area contributed by atoms with Gasteiger partial charge in [0.05, 0.1) is 11.8 Å². The van der Waals surface area contributed by atoms with Crippen LogP contribution in [0.3, 0.4) is 0 Å². The van der Waals surface area contributed by atoms with Gasteiger partial charge in [-0.3, -0.25) is 4.79 Å². The van der Waals surface area contributed by atoms with E-state index < -0.39 is 9.84 Å². The van der Waals surface area contributed by atoms with Crippen LogP contribution in [-0.4, -0.2) is 56.9 Å². The molecular weight excluding hydrogens is 264 g/mol. The zero-order valence-corrected chi connectivity index (χ0v) is 11.9. The quantitative estimate of drug-likeness (QED) is 0.775. The normalized spacial score (nSPS) is 19.8. The molecule has 0 aromatic rings. The molecule has 0 radical (unpaired) electrons. The van der Waals surface area contributed by atoms with Crippen LogP contribution in [-0.2, 0) is 14.6 Å². The highest BCUT2D eigenvalue weighted by Gasteiger charge is 2.25. The van der Waals surface area contributed by atoms with E-state index in [1.807, 2.05) is 0 Å². The van der Waals surface area contributed by atoms with E-state index in [2.05, 4.69) is 5.32 Å². The van der Waals surface area contributed by atoms with Crippen molar-refractivity contribution in [3.05, 3.63) is 0 Å². The molecule has 17 heavy (non-hydrogen) atoms. The van der Waals surface area contributed by atoms with Crippen LogP contribution in [0.2, 0.25) is 0 Å². The smallest absolute Gasteiger partial charge is 0.239 e. The summed E-state index contributed by atoms with van der Waals surface area (Å²) in [6.07, 6.45) is 1.86. The lowest BCUT2D eigenvalue weighted by atomic mass is 10.2. The van der Waals surface area contributed by atoms with Gasteiger partial charge in [-0.2, -0.15) is 0 Å². The van der Waals surface area contributed by atoms with Gasteiger partial charge in [0.25, 0.3) is 0 Å². The maximum Gasteiger partial charge on any atom is 0.239 e. The Morgan fingerprint density at radius 3 is 2.59 bits per heavy atom. The zero-order valence-electron chi connectivity index (χ0n) is 10.3. The Bertz CT molecular complexity index is 339. The Hall–Kier alpha value is -0.330. The second kappa shape index (κ2) is 7.18. The van der Waals surface area contributed by atoms with Crippen molar-refractivity contribution in [2.75, 3.05) is 31.6 Å². The summed E-state index contributed by atoms with van der Waals surface area (Å²) >= 11 is 0. The van der Waals surface area contributed by atoms with E-state index in [0.29, 0.717) is 0 Å². The molecule has 0 spiro atoms. The topological polar surface area (TPSA) is 66.5 Å². The lowest BCUT2D eigenvalue weighted by Gasteiger charge is -2.20. The third kappa shape index (κ3) is 5.23. The molecule has 0 saturated carbocycles. The molecule has 1 heterocycles. The molecule has 5 nitrogen and oxygen atoms in total. The summed E-state index contributed by atoms with van der Waals surface area (Å²) in [6, 6.07) is -0.116. The van der Waals surface area contributed by atoms with Gasteiger partial charge < -0.3 is 10.2 Å². The molecule has 1 unspecified atom stereocenters. The molecule has 1 atom stereocenters. The van der Waals surface area contributed by atoms with Crippen molar-refractivity contribution in [1.29, 1.82) is 0 Å². The van der Waals surface area contributed by atoms with Crippen molar-refractivity contribution in [3.8, 4) is 0 Å². The molecule has 0 aromatic carbocycles. The fraction of sp³-hybridized carbons (Fsp3) is 0.900. The Kier molecular flexibility index (Phi) is 7.04. The second-order valence-electron chi connectivity index (χ2n) is 4.15. The summed E-state index contributed by atoms with van der Waals surface area (Å²) < 4.78 is 22.6. The number of sulfone groups is 1. The van der Waals surface area contributed by atoms with Crippen molar-refractivity contribution in [2.45, 2.75) is 25.8 Å². The van der Waals surface area contributed by atoms with E-state index in [-0.39, 0.29) is 42.4 Å². The van der Waals surface area contributed by atoms with E-state index in [1.54, 1.807) is 14.0 Å². The largest absolute Gasteiger partial charge is 0.343 e. The highest BCUT2D eigenvalue weighted by Crippen LogP contribution is 2.07. The number of rotatable bonds is 5. The first kappa shape index (κ1) is 16.7. The Labute approximate surface area is 109 Å². The van der Waals surface area contributed by atoms with Crippen molar-refractivity contribution in [1.82, 2.24) is 10.2 Å². The van der Waals surface area contributed by atoms with Gasteiger partial charge >= 0.3 is 0 Å². The first-order chi connectivity index (χ1) is 7.46. The van der Waals surface area contributed by atoms with Crippen LogP contribution in [0.15, 0.2) is 0 Å². The van der Waals surface area contributed by atoms with E-state index in [4.69, 9.17) is 0 Å². The first-order valence-corrected chi connectivity index (χ1v) is 7.47. The number of nitrogens with one attached hydrogen (secondary N) is 1. The Balaban J connectivity index is 0.00000256. The number of amides is 1. The molecule has 0 aliphatic carbocycles. The van der Waals surface area contributed by atoms with Crippen LogP contribution < -0.4 is 5.32 Å². The average Bonchev–Trinajstić information content (AvgIpc) is 2.78. The van der Waals surface area contributed by atoms with E-state index in [1.165, 1.54) is 4.90 Å².